The summed E-state index contributed by atoms with van der Waals surface area (Å²) in [5.41, 5.74) is 5.26. The number of benzene rings is 1. The van der Waals surface area contributed by atoms with Crippen molar-refractivity contribution >= 4 is 28.6 Å². The van der Waals surface area contributed by atoms with E-state index in [1.165, 1.54) is 11.4 Å². The zero-order chi connectivity index (χ0) is 18.3. The molecule has 0 aliphatic rings. The monoisotopic (exact) mass is 359 g/mol. The highest BCUT2D eigenvalue weighted by Gasteiger charge is 2.22. The summed E-state index contributed by atoms with van der Waals surface area (Å²) in [5, 5.41) is 0.0794. The van der Waals surface area contributed by atoms with Gasteiger partial charge in [-0.05, 0) is 69.1 Å². The highest BCUT2D eigenvalue weighted by Crippen LogP contribution is 2.23. The van der Waals surface area contributed by atoms with Crippen molar-refractivity contribution < 1.29 is 9.21 Å². The molecule has 1 amide bonds. The molecule has 1 aromatic carbocycles. The molecule has 6 heteroatoms. The second kappa shape index (κ2) is 6.56. The van der Waals surface area contributed by atoms with E-state index in [0.29, 0.717) is 23.2 Å². The number of carbonyl (C=O) groups is 1. The van der Waals surface area contributed by atoms with Crippen molar-refractivity contribution in [2.75, 3.05) is 0 Å². The van der Waals surface area contributed by atoms with E-state index in [1.54, 1.807) is 18.2 Å². The van der Waals surface area contributed by atoms with Crippen molar-refractivity contribution in [1.82, 2.24) is 14.5 Å². The topological polar surface area (TPSA) is 51.3 Å². The molecular formula is C19H22ClN3O2. The minimum atomic E-state index is -0.0306. The third kappa shape index (κ3) is 3.29. The smallest absolute Gasteiger partial charge is 0.293 e. The lowest BCUT2D eigenvalue weighted by Crippen LogP contribution is -2.36. The number of oxazole rings is 1. The van der Waals surface area contributed by atoms with Crippen LogP contribution >= 0.6 is 11.6 Å². The lowest BCUT2D eigenvalue weighted by molar-refractivity contribution is 0.0690. The maximum atomic E-state index is 13.1. The minimum Gasteiger partial charge on any atom is -0.428 e. The van der Waals surface area contributed by atoms with Gasteiger partial charge < -0.3 is 13.9 Å². The van der Waals surface area contributed by atoms with Crippen LogP contribution in [0.4, 0.5) is 0 Å². The fraction of sp³-hybridized carbons (Fsp3) is 0.368. The van der Waals surface area contributed by atoms with E-state index in [2.05, 4.69) is 29.5 Å². The summed E-state index contributed by atoms with van der Waals surface area (Å²) in [5.74, 6) is -0.0306. The number of halogens is 1. The molecular weight excluding hydrogens is 338 g/mol. The molecule has 0 fully saturated rings. The molecule has 0 N–H and O–H groups in total. The number of fused-ring (bicyclic) bond motifs is 1. The average Bonchev–Trinajstić information content (AvgIpc) is 3.05. The summed E-state index contributed by atoms with van der Waals surface area (Å²) >= 11 is 5.79. The lowest BCUT2D eigenvalue weighted by Gasteiger charge is -2.27. The van der Waals surface area contributed by atoms with Crippen LogP contribution in [-0.2, 0) is 13.6 Å². The molecule has 0 radical (unpaired) electrons. The predicted octanol–water partition coefficient (Wildman–Crippen LogP) is 4.49. The number of aryl methyl sites for hydroxylation is 1. The van der Waals surface area contributed by atoms with Crippen LogP contribution in [0.5, 0.6) is 0 Å². The first kappa shape index (κ1) is 17.5. The Morgan fingerprint density at radius 2 is 2.04 bits per heavy atom. The summed E-state index contributed by atoms with van der Waals surface area (Å²) in [6.45, 7) is 8.76. The van der Waals surface area contributed by atoms with Gasteiger partial charge in [0.15, 0.2) is 5.58 Å². The van der Waals surface area contributed by atoms with Gasteiger partial charge >= 0.3 is 0 Å². The van der Waals surface area contributed by atoms with Gasteiger partial charge in [-0.2, -0.15) is 4.98 Å². The second-order valence-corrected chi connectivity index (χ2v) is 6.95. The number of hydrogen-bond acceptors (Lipinski definition) is 3. The van der Waals surface area contributed by atoms with E-state index < -0.39 is 0 Å². The normalized spacial score (nSPS) is 11.5. The summed E-state index contributed by atoms with van der Waals surface area (Å²) < 4.78 is 7.41. The average molecular weight is 360 g/mol. The minimum absolute atomic E-state index is 0.0306. The maximum absolute atomic E-state index is 13.1. The Morgan fingerprint density at radius 1 is 1.32 bits per heavy atom. The van der Waals surface area contributed by atoms with Crippen LogP contribution in [0, 0.1) is 13.8 Å². The van der Waals surface area contributed by atoms with Gasteiger partial charge in [0.2, 0.25) is 0 Å². The van der Waals surface area contributed by atoms with Crippen molar-refractivity contribution in [2.45, 2.75) is 40.3 Å². The van der Waals surface area contributed by atoms with E-state index >= 15 is 0 Å². The van der Waals surface area contributed by atoms with Crippen LogP contribution in [0.2, 0.25) is 5.35 Å². The molecule has 3 rings (SSSR count). The third-order valence-corrected chi connectivity index (χ3v) is 4.87. The van der Waals surface area contributed by atoms with Crippen LogP contribution < -0.4 is 0 Å². The second-order valence-electron chi connectivity index (χ2n) is 6.63. The molecule has 2 aromatic heterocycles. The van der Waals surface area contributed by atoms with Crippen LogP contribution in [0.25, 0.3) is 11.1 Å². The molecule has 0 aliphatic carbocycles. The molecule has 0 bridgehead atoms. The highest BCUT2D eigenvalue weighted by atomic mass is 35.5. The Kier molecular flexibility index (Phi) is 4.60. The number of rotatable bonds is 4. The molecule has 3 aromatic rings. The van der Waals surface area contributed by atoms with Crippen molar-refractivity contribution in [3.05, 3.63) is 52.1 Å². The lowest BCUT2D eigenvalue weighted by atomic mass is 10.1. The molecule has 25 heavy (non-hydrogen) atoms. The molecule has 132 valence electrons. The number of nitrogens with zero attached hydrogens (tertiary/aromatic N) is 3. The largest absolute Gasteiger partial charge is 0.428 e. The number of aromatic nitrogens is 2. The molecule has 0 aliphatic heterocycles. The van der Waals surface area contributed by atoms with Gasteiger partial charge in [-0.25, -0.2) is 0 Å². The van der Waals surface area contributed by atoms with Gasteiger partial charge in [0.1, 0.15) is 5.52 Å². The number of amides is 1. The van der Waals surface area contributed by atoms with Gasteiger partial charge in [0, 0.05) is 36.6 Å². The van der Waals surface area contributed by atoms with Gasteiger partial charge in [0.05, 0.1) is 0 Å². The Hall–Kier alpha value is -2.27. The standard InChI is InChI=1S/C19H22ClN3O2/c1-11(2)23(10-15-8-12(3)22(5)13(15)4)18(24)14-6-7-17-16(9-14)21-19(20)25-17/h6-9,11H,10H2,1-5H3. The summed E-state index contributed by atoms with van der Waals surface area (Å²) in [4.78, 5) is 19.0. The SMILES string of the molecule is Cc1cc(CN(C(=O)c2ccc3oc(Cl)nc3c2)C(C)C)c(C)n1C. The predicted molar refractivity (Wildman–Crippen MR) is 98.9 cm³/mol. The Morgan fingerprint density at radius 3 is 2.64 bits per heavy atom. The van der Waals surface area contributed by atoms with Crippen LogP contribution in [0.15, 0.2) is 28.7 Å². The third-order valence-electron chi connectivity index (χ3n) is 4.71. The van der Waals surface area contributed by atoms with Crippen molar-refractivity contribution in [1.29, 1.82) is 0 Å². The molecule has 0 saturated heterocycles. The highest BCUT2D eigenvalue weighted by molar-refractivity contribution is 6.28. The van der Waals surface area contributed by atoms with Crippen molar-refractivity contribution in [2.24, 2.45) is 7.05 Å². The maximum Gasteiger partial charge on any atom is 0.293 e. The molecule has 5 nitrogen and oxygen atoms in total. The Bertz CT molecular complexity index is 940. The van der Waals surface area contributed by atoms with E-state index in [4.69, 9.17) is 16.0 Å². The summed E-state index contributed by atoms with van der Waals surface area (Å²) in [6.07, 6.45) is 0. The zero-order valence-corrected chi connectivity index (χ0v) is 15.9. The molecule has 0 atom stereocenters. The van der Waals surface area contributed by atoms with Gasteiger partial charge in [-0.1, -0.05) is 0 Å². The van der Waals surface area contributed by atoms with Gasteiger partial charge in [-0.15, -0.1) is 0 Å². The van der Waals surface area contributed by atoms with Crippen molar-refractivity contribution in [3.8, 4) is 0 Å². The van der Waals surface area contributed by atoms with Crippen LogP contribution in [-0.4, -0.2) is 26.4 Å². The first-order chi connectivity index (χ1) is 11.8. The molecule has 0 unspecified atom stereocenters. The van der Waals surface area contributed by atoms with E-state index in [0.717, 1.165) is 5.56 Å². The fourth-order valence-electron chi connectivity index (χ4n) is 2.96. The summed E-state index contributed by atoms with van der Waals surface area (Å²) in [6, 6.07) is 7.43. The number of hydrogen-bond donors (Lipinski definition) is 0. The Labute approximate surface area is 152 Å². The van der Waals surface area contributed by atoms with E-state index in [1.807, 2.05) is 25.8 Å². The van der Waals surface area contributed by atoms with Crippen LogP contribution in [0.1, 0.15) is 41.2 Å². The first-order valence-corrected chi connectivity index (χ1v) is 8.64. The molecule has 2 heterocycles. The summed E-state index contributed by atoms with van der Waals surface area (Å²) in [7, 11) is 2.04. The van der Waals surface area contributed by atoms with Crippen molar-refractivity contribution in [3.63, 3.8) is 0 Å². The fourth-order valence-corrected chi connectivity index (χ4v) is 3.14. The van der Waals surface area contributed by atoms with E-state index in [-0.39, 0.29) is 17.3 Å². The van der Waals surface area contributed by atoms with Gasteiger partial charge in [-0.3, -0.25) is 4.79 Å². The number of carbonyl (C=O) groups excluding carboxylic acids is 1. The van der Waals surface area contributed by atoms with Gasteiger partial charge in [0.25, 0.3) is 11.3 Å². The molecule has 0 spiro atoms. The quantitative estimate of drug-likeness (QED) is 0.689. The first-order valence-electron chi connectivity index (χ1n) is 8.26. The Balaban J connectivity index is 1.93. The molecule has 0 saturated carbocycles. The zero-order valence-electron chi connectivity index (χ0n) is 15.1. The van der Waals surface area contributed by atoms with E-state index in [9.17, 15) is 4.79 Å². The van der Waals surface area contributed by atoms with Crippen LogP contribution in [0.3, 0.4) is 0 Å².